The van der Waals surface area contributed by atoms with Gasteiger partial charge in [-0.2, -0.15) is 0 Å². The van der Waals surface area contributed by atoms with Crippen molar-refractivity contribution in [1.82, 2.24) is 0 Å². The van der Waals surface area contributed by atoms with E-state index in [0.29, 0.717) is 34.2 Å². The van der Waals surface area contributed by atoms with Crippen LogP contribution < -0.4 is 15.4 Å². The Morgan fingerprint density at radius 2 is 2.10 bits per heavy atom. The Hall–Kier alpha value is -2.76. The number of hydrogen-bond acceptors (Lipinski definition) is 4. The molecule has 0 bridgehead atoms. The molecule has 0 fully saturated rings. The number of nitrogens with one attached hydrogen (secondary N) is 2. The number of fused-ring (bicyclic) bond motifs is 1. The second kappa shape index (κ2) is 4.97. The Morgan fingerprint density at radius 3 is 2.81 bits per heavy atom. The van der Waals surface area contributed by atoms with Gasteiger partial charge in [0.1, 0.15) is 17.3 Å². The molecular formula is C15H14N2O4. The molecule has 3 rings (SSSR count). The first kappa shape index (κ1) is 13.2. The topological polar surface area (TPSA) is 80.6 Å². The quantitative estimate of drug-likeness (QED) is 0.888. The molecule has 6 heteroatoms. The molecule has 0 unspecified atom stereocenters. The van der Waals surface area contributed by atoms with Gasteiger partial charge in [0.2, 0.25) is 0 Å². The number of anilines is 2. The molecular weight excluding hydrogens is 272 g/mol. The summed E-state index contributed by atoms with van der Waals surface area (Å²) in [5.74, 6) is 1.37. The van der Waals surface area contributed by atoms with Crippen LogP contribution in [0.2, 0.25) is 0 Å². The summed E-state index contributed by atoms with van der Waals surface area (Å²) < 4.78 is 10.6. The highest BCUT2D eigenvalue weighted by Crippen LogP contribution is 2.30. The van der Waals surface area contributed by atoms with Crippen LogP contribution >= 0.6 is 0 Å². The number of benzene rings is 1. The van der Waals surface area contributed by atoms with Gasteiger partial charge in [0.25, 0.3) is 11.8 Å². The smallest absolute Gasteiger partial charge is 0.262 e. The fourth-order valence-corrected chi connectivity index (χ4v) is 2.22. The number of ether oxygens (including phenoxy) is 1. The van der Waals surface area contributed by atoms with Crippen molar-refractivity contribution in [2.24, 2.45) is 0 Å². The molecule has 1 aromatic heterocycles. The summed E-state index contributed by atoms with van der Waals surface area (Å²) in [4.78, 5) is 23.5. The molecule has 2 N–H and O–H groups in total. The lowest BCUT2D eigenvalue weighted by Crippen LogP contribution is -2.25. The molecule has 1 aromatic carbocycles. The second-order valence-corrected chi connectivity index (χ2v) is 4.83. The minimum absolute atomic E-state index is 0.00615. The fraction of sp³-hybridized carbons (Fsp3) is 0.200. The van der Waals surface area contributed by atoms with Gasteiger partial charge in [0, 0.05) is 5.69 Å². The zero-order valence-electron chi connectivity index (χ0n) is 11.6. The SMILES string of the molecule is Cc1cc(C(=O)Nc2ccc3c(c2)NC(=O)CO3)c(C)o1. The summed E-state index contributed by atoms with van der Waals surface area (Å²) >= 11 is 0. The Morgan fingerprint density at radius 1 is 1.29 bits per heavy atom. The number of rotatable bonds is 2. The molecule has 21 heavy (non-hydrogen) atoms. The molecule has 0 saturated heterocycles. The van der Waals surface area contributed by atoms with E-state index in [-0.39, 0.29) is 18.4 Å². The van der Waals surface area contributed by atoms with E-state index >= 15 is 0 Å². The normalized spacial score (nSPS) is 13.1. The first-order valence-electron chi connectivity index (χ1n) is 6.48. The molecule has 0 saturated carbocycles. The molecule has 1 aliphatic heterocycles. The van der Waals surface area contributed by atoms with Crippen molar-refractivity contribution in [3.8, 4) is 5.75 Å². The summed E-state index contributed by atoms with van der Waals surface area (Å²) in [6, 6.07) is 6.77. The first-order valence-corrected chi connectivity index (χ1v) is 6.48. The molecule has 2 amide bonds. The van der Waals surface area contributed by atoms with Crippen LogP contribution in [0, 0.1) is 13.8 Å². The van der Waals surface area contributed by atoms with E-state index in [0.717, 1.165) is 0 Å². The average Bonchev–Trinajstić information content (AvgIpc) is 2.77. The zero-order chi connectivity index (χ0) is 15.0. The summed E-state index contributed by atoms with van der Waals surface area (Å²) in [5.41, 5.74) is 1.61. The maximum absolute atomic E-state index is 12.2. The van der Waals surface area contributed by atoms with Gasteiger partial charge in [-0.1, -0.05) is 0 Å². The molecule has 108 valence electrons. The maximum atomic E-state index is 12.2. The second-order valence-electron chi connectivity index (χ2n) is 4.83. The summed E-state index contributed by atoms with van der Waals surface area (Å²) in [7, 11) is 0. The molecule has 0 atom stereocenters. The van der Waals surface area contributed by atoms with Crippen LogP contribution in [0.3, 0.4) is 0 Å². The van der Waals surface area contributed by atoms with Gasteiger partial charge in [-0.05, 0) is 38.1 Å². The van der Waals surface area contributed by atoms with E-state index < -0.39 is 0 Å². The highest BCUT2D eigenvalue weighted by molar-refractivity contribution is 6.05. The molecule has 6 nitrogen and oxygen atoms in total. The van der Waals surface area contributed by atoms with Crippen LogP contribution in [0.15, 0.2) is 28.7 Å². The lowest BCUT2D eigenvalue weighted by Gasteiger charge is -2.18. The number of carbonyl (C=O) groups excluding carboxylic acids is 2. The Kier molecular flexibility index (Phi) is 3.13. The Labute approximate surface area is 121 Å². The lowest BCUT2D eigenvalue weighted by molar-refractivity contribution is -0.118. The van der Waals surface area contributed by atoms with Crippen molar-refractivity contribution in [3.63, 3.8) is 0 Å². The van der Waals surface area contributed by atoms with Crippen LogP contribution in [0.1, 0.15) is 21.9 Å². The van der Waals surface area contributed by atoms with Crippen molar-refractivity contribution in [1.29, 1.82) is 0 Å². The van der Waals surface area contributed by atoms with Crippen molar-refractivity contribution < 1.29 is 18.7 Å². The predicted molar refractivity (Wildman–Crippen MR) is 76.7 cm³/mol. The predicted octanol–water partition coefficient (Wildman–Crippen LogP) is 2.48. The largest absolute Gasteiger partial charge is 0.482 e. The number of amides is 2. The highest BCUT2D eigenvalue weighted by atomic mass is 16.5. The fourth-order valence-electron chi connectivity index (χ4n) is 2.22. The first-order chi connectivity index (χ1) is 10.0. The van der Waals surface area contributed by atoms with Crippen LogP contribution in [-0.2, 0) is 4.79 Å². The minimum atomic E-state index is -0.257. The summed E-state index contributed by atoms with van der Waals surface area (Å²) in [5, 5.41) is 5.47. The average molecular weight is 286 g/mol. The highest BCUT2D eigenvalue weighted by Gasteiger charge is 2.18. The monoisotopic (exact) mass is 286 g/mol. The van der Waals surface area contributed by atoms with E-state index in [1.807, 2.05) is 0 Å². The van der Waals surface area contributed by atoms with Crippen molar-refractivity contribution >= 4 is 23.2 Å². The van der Waals surface area contributed by atoms with Gasteiger partial charge in [0.05, 0.1) is 11.3 Å². The van der Waals surface area contributed by atoms with Gasteiger partial charge in [-0.3, -0.25) is 9.59 Å². The van der Waals surface area contributed by atoms with Gasteiger partial charge in [0.15, 0.2) is 6.61 Å². The standard InChI is InChI=1S/C15H14N2O4/c1-8-5-11(9(2)21-8)15(19)16-10-3-4-13-12(6-10)17-14(18)7-20-13/h3-6H,7H2,1-2H3,(H,16,19)(H,17,18). The number of hydrogen-bond donors (Lipinski definition) is 2. The number of carbonyl (C=O) groups is 2. The van der Waals surface area contributed by atoms with Crippen LogP contribution in [0.4, 0.5) is 11.4 Å². The minimum Gasteiger partial charge on any atom is -0.482 e. The van der Waals surface area contributed by atoms with E-state index in [4.69, 9.17) is 9.15 Å². The molecule has 2 aromatic rings. The molecule has 0 aliphatic carbocycles. The van der Waals surface area contributed by atoms with Crippen LogP contribution in [-0.4, -0.2) is 18.4 Å². The van der Waals surface area contributed by atoms with E-state index in [1.165, 1.54) is 0 Å². The molecule has 0 spiro atoms. The van der Waals surface area contributed by atoms with Gasteiger partial charge >= 0.3 is 0 Å². The lowest BCUT2D eigenvalue weighted by atomic mass is 10.2. The third-order valence-corrected chi connectivity index (χ3v) is 3.16. The van der Waals surface area contributed by atoms with E-state index in [1.54, 1.807) is 38.1 Å². The van der Waals surface area contributed by atoms with Crippen molar-refractivity contribution in [3.05, 3.63) is 41.3 Å². The third kappa shape index (κ3) is 2.60. The maximum Gasteiger partial charge on any atom is 0.262 e. The van der Waals surface area contributed by atoms with Gasteiger partial charge < -0.3 is 19.8 Å². The Bertz CT molecular complexity index is 733. The zero-order valence-corrected chi connectivity index (χ0v) is 11.6. The van der Waals surface area contributed by atoms with Crippen LogP contribution in [0.5, 0.6) is 5.75 Å². The summed E-state index contributed by atoms with van der Waals surface area (Å²) in [6.45, 7) is 3.53. The summed E-state index contributed by atoms with van der Waals surface area (Å²) in [6.07, 6.45) is 0. The third-order valence-electron chi connectivity index (χ3n) is 3.16. The molecule has 2 heterocycles. The van der Waals surface area contributed by atoms with E-state index in [9.17, 15) is 9.59 Å². The van der Waals surface area contributed by atoms with Gasteiger partial charge in [-0.15, -0.1) is 0 Å². The number of aryl methyl sites for hydroxylation is 2. The molecule has 0 radical (unpaired) electrons. The number of furan rings is 1. The van der Waals surface area contributed by atoms with Crippen molar-refractivity contribution in [2.45, 2.75) is 13.8 Å². The molecule has 1 aliphatic rings. The van der Waals surface area contributed by atoms with Crippen molar-refractivity contribution in [2.75, 3.05) is 17.2 Å². The van der Waals surface area contributed by atoms with Gasteiger partial charge in [-0.25, -0.2) is 0 Å². The van der Waals surface area contributed by atoms with Crippen LogP contribution in [0.25, 0.3) is 0 Å². The van der Waals surface area contributed by atoms with E-state index in [2.05, 4.69) is 10.6 Å². The Balaban J connectivity index is 1.82.